The van der Waals surface area contributed by atoms with Crippen molar-refractivity contribution in [3.05, 3.63) is 70.5 Å². The van der Waals surface area contributed by atoms with Crippen molar-refractivity contribution in [3.8, 4) is 11.1 Å². The Labute approximate surface area is 120 Å². The Kier molecular flexibility index (Phi) is 3.17. The number of benzene rings is 3. The van der Waals surface area contributed by atoms with Crippen LogP contribution in [0.3, 0.4) is 0 Å². The van der Waals surface area contributed by atoms with Gasteiger partial charge in [0.1, 0.15) is 5.82 Å². The van der Waals surface area contributed by atoms with Crippen molar-refractivity contribution in [1.82, 2.24) is 0 Å². The molecule has 3 aromatic carbocycles. The highest BCUT2D eigenvalue weighted by atomic mass is 35.5. The molecule has 0 fully saturated rings. The van der Waals surface area contributed by atoms with Gasteiger partial charge in [0.15, 0.2) is 0 Å². The highest BCUT2D eigenvalue weighted by molar-refractivity contribution is 6.42. The predicted octanol–water partition coefficient (Wildman–Crippen LogP) is 5.95. The van der Waals surface area contributed by atoms with Crippen LogP contribution < -0.4 is 0 Å². The summed E-state index contributed by atoms with van der Waals surface area (Å²) in [5, 5.41) is 2.37. The van der Waals surface area contributed by atoms with E-state index in [2.05, 4.69) is 0 Å². The second-order valence-electron chi connectivity index (χ2n) is 4.28. The zero-order valence-corrected chi connectivity index (χ0v) is 11.3. The molecule has 0 aliphatic heterocycles. The lowest BCUT2D eigenvalue weighted by Gasteiger charge is -2.08. The summed E-state index contributed by atoms with van der Waals surface area (Å²) in [6, 6.07) is 16.1. The Morgan fingerprint density at radius 2 is 1.58 bits per heavy atom. The number of fused-ring (bicyclic) bond motifs is 1. The summed E-state index contributed by atoms with van der Waals surface area (Å²) in [5.74, 6) is -0.239. The van der Waals surface area contributed by atoms with Gasteiger partial charge < -0.3 is 0 Å². The fourth-order valence-electron chi connectivity index (χ4n) is 2.12. The van der Waals surface area contributed by atoms with Crippen LogP contribution in [0, 0.1) is 5.82 Å². The van der Waals surface area contributed by atoms with Crippen LogP contribution in [0.25, 0.3) is 21.9 Å². The molecule has 0 atom stereocenters. The highest BCUT2D eigenvalue weighted by Crippen LogP contribution is 2.32. The van der Waals surface area contributed by atoms with Gasteiger partial charge in [-0.1, -0.05) is 65.7 Å². The third kappa shape index (κ3) is 2.20. The highest BCUT2D eigenvalue weighted by Gasteiger charge is 2.10. The van der Waals surface area contributed by atoms with Crippen LogP contribution in [0.4, 0.5) is 4.39 Å². The summed E-state index contributed by atoms with van der Waals surface area (Å²) < 4.78 is 14.5. The van der Waals surface area contributed by atoms with Crippen LogP contribution in [-0.4, -0.2) is 0 Å². The molecule has 0 aliphatic carbocycles. The maximum absolute atomic E-state index is 14.5. The lowest BCUT2D eigenvalue weighted by atomic mass is 10.0. The van der Waals surface area contributed by atoms with Gasteiger partial charge in [-0.15, -0.1) is 0 Å². The summed E-state index contributed by atoms with van der Waals surface area (Å²) in [6.45, 7) is 0. The van der Waals surface area contributed by atoms with Crippen LogP contribution in [-0.2, 0) is 0 Å². The Hall–Kier alpha value is -1.57. The average molecular weight is 291 g/mol. The van der Waals surface area contributed by atoms with Crippen LogP contribution in [0.1, 0.15) is 0 Å². The first kappa shape index (κ1) is 12.5. The Balaban J connectivity index is 2.25. The van der Waals surface area contributed by atoms with Crippen molar-refractivity contribution in [2.24, 2.45) is 0 Å². The van der Waals surface area contributed by atoms with Crippen molar-refractivity contribution < 1.29 is 4.39 Å². The van der Waals surface area contributed by atoms with Crippen molar-refractivity contribution in [3.63, 3.8) is 0 Å². The maximum Gasteiger partial charge on any atom is 0.138 e. The SMILES string of the molecule is Fc1c(-c2ccc(Cl)c(Cl)c2)ccc2ccccc12. The minimum atomic E-state index is -0.239. The minimum Gasteiger partial charge on any atom is -0.206 e. The normalized spacial score (nSPS) is 10.9. The molecule has 0 amide bonds. The largest absolute Gasteiger partial charge is 0.206 e. The van der Waals surface area contributed by atoms with Crippen LogP contribution >= 0.6 is 23.2 Å². The molecule has 0 unspecified atom stereocenters. The van der Waals surface area contributed by atoms with Crippen LogP contribution in [0.15, 0.2) is 54.6 Å². The molecular formula is C16H9Cl2F. The summed E-state index contributed by atoms with van der Waals surface area (Å²) >= 11 is 11.9. The molecule has 3 aromatic rings. The molecule has 0 spiro atoms. The Bertz CT molecular complexity index is 766. The second kappa shape index (κ2) is 4.84. The van der Waals surface area contributed by atoms with Gasteiger partial charge in [-0.2, -0.15) is 0 Å². The van der Waals surface area contributed by atoms with E-state index in [1.165, 1.54) is 0 Å². The van der Waals surface area contributed by atoms with Gasteiger partial charge in [0.2, 0.25) is 0 Å². The summed E-state index contributed by atoms with van der Waals surface area (Å²) in [6.07, 6.45) is 0. The molecule has 0 heterocycles. The molecule has 0 aliphatic rings. The Morgan fingerprint density at radius 1 is 0.789 bits per heavy atom. The van der Waals surface area contributed by atoms with Crippen molar-refractivity contribution in [2.75, 3.05) is 0 Å². The molecule has 0 saturated heterocycles. The standard InChI is InChI=1S/C16H9Cl2F/c17-14-8-6-11(9-15(14)18)13-7-5-10-3-1-2-4-12(10)16(13)19/h1-9H. The number of halogens is 3. The van der Waals surface area contributed by atoms with E-state index < -0.39 is 0 Å². The minimum absolute atomic E-state index is 0.239. The molecule has 94 valence electrons. The van der Waals surface area contributed by atoms with E-state index >= 15 is 0 Å². The van der Waals surface area contributed by atoms with Crippen LogP contribution in [0.2, 0.25) is 10.0 Å². The van der Waals surface area contributed by atoms with Crippen molar-refractivity contribution >= 4 is 34.0 Å². The summed E-state index contributed by atoms with van der Waals surface area (Å²) in [7, 11) is 0. The fourth-order valence-corrected chi connectivity index (χ4v) is 2.42. The van der Waals surface area contributed by atoms with Gasteiger partial charge in [0.25, 0.3) is 0 Å². The molecule has 0 saturated carbocycles. The molecule has 19 heavy (non-hydrogen) atoms. The van der Waals surface area contributed by atoms with E-state index in [9.17, 15) is 4.39 Å². The van der Waals surface area contributed by atoms with E-state index in [0.717, 1.165) is 10.9 Å². The van der Waals surface area contributed by atoms with E-state index in [-0.39, 0.29) is 5.82 Å². The lowest BCUT2D eigenvalue weighted by molar-refractivity contribution is 0.643. The van der Waals surface area contributed by atoms with Gasteiger partial charge in [-0.3, -0.25) is 0 Å². The maximum atomic E-state index is 14.5. The summed E-state index contributed by atoms with van der Waals surface area (Å²) in [4.78, 5) is 0. The molecule has 0 N–H and O–H groups in total. The smallest absolute Gasteiger partial charge is 0.138 e. The van der Waals surface area contributed by atoms with Gasteiger partial charge in [0, 0.05) is 10.9 Å². The first-order valence-corrected chi connectivity index (χ1v) is 6.55. The van der Waals surface area contributed by atoms with Gasteiger partial charge in [-0.05, 0) is 23.1 Å². The number of hydrogen-bond acceptors (Lipinski definition) is 0. The number of hydrogen-bond donors (Lipinski definition) is 0. The fraction of sp³-hybridized carbons (Fsp3) is 0. The molecule has 3 heteroatoms. The average Bonchev–Trinajstić information content (AvgIpc) is 2.43. The molecule has 0 bridgehead atoms. The summed E-state index contributed by atoms with van der Waals surface area (Å²) in [5.41, 5.74) is 1.25. The quantitative estimate of drug-likeness (QED) is 0.519. The third-order valence-corrected chi connectivity index (χ3v) is 3.83. The van der Waals surface area contributed by atoms with Gasteiger partial charge >= 0.3 is 0 Å². The van der Waals surface area contributed by atoms with E-state index in [4.69, 9.17) is 23.2 Å². The van der Waals surface area contributed by atoms with Gasteiger partial charge in [-0.25, -0.2) is 4.39 Å². The first-order chi connectivity index (χ1) is 9.16. The predicted molar refractivity (Wildman–Crippen MR) is 79.4 cm³/mol. The van der Waals surface area contributed by atoms with E-state index in [0.29, 0.717) is 21.0 Å². The third-order valence-electron chi connectivity index (χ3n) is 3.09. The zero-order chi connectivity index (χ0) is 13.4. The van der Waals surface area contributed by atoms with Crippen molar-refractivity contribution in [2.45, 2.75) is 0 Å². The molecule has 0 nitrogen and oxygen atoms in total. The van der Waals surface area contributed by atoms with E-state index in [1.54, 1.807) is 30.3 Å². The Morgan fingerprint density at radius 3 is 2.37 bits per heavy atom. The van der Waals surface area contributed by atoms with Crippen LogP contribution in [0.5, 0.6) is 0 Å². The zero-order valence-electron chi connectivity index (χ0n) is 9.83. The van der Waals surface area contributed by atoms with Crippen molar-refractivity contribution in [1.29, 1.82) is 0 Å². The van der Waals surface area contributed by atoms with Gasteiger partial charge in [0.05, 0.1) is 10.0 Å². The second-order valence-corrected chi connectivity index (χ2v) is 5.09. The topological polar surface area (TPSA) is 0 Å². The first-order valence-electron chi connectivity index (χ1n) is 5.79. The molecular weight excluding hydrogens is 282 g/mol. The number of rotatable bonds is 1. The lowest BCUT2D eigenvalue weighted by Crippen LogP contribution is -1.87. The molecule has 0 aromatic heterocycles. The van der Waals surface area contributed by atoms with E-state index in [1.807, 2.05) is 24.3 Å². The monoisotopic (exact) mass is 290 g/mol. The molecule has 0 radical (unpaired) electrons. The molecule has 3 rings (SSSR count).